The third-order valence-electron chi connectivity index (χ3n) is 4.72. The molecule has 1 fully saturated rings. The molecule has 0 unspecified atom stereocenters. The van der Waals surface area contributed by atoms with E-state index in [4.69, 9.17) is 9.26 Å². The Bertz CT molecular complexity index is 779. The lowest BCUT2D eigenvalue weighted by molar-refractivity contribution is -0.157. The fourth-order valence-corrected chi connectivity index (χ4v) is 3.31. The van der Waals surface area contributed by atoms with Crippen LogP contribution in [0.5, 0.6) is 5.75 Å². The van der Waals surface area contributed by atoms with Gasteiger partial charge < -0.3 is 24.6 Å². The van der Waals surface area contributed by atoms with Crippen LogP contribution in [-0.4, -0.2) is 58.4 Å². The zero-order chi connectivity index (χ0) is 19.3. The van der Waals surface area contributed by atoms with Crippen molar-refractivity contribution in [2.75, 3.05) is 26.7 Å². The average Bonchev–Trinajstić information content (AvgIpc) is 3.08. The van der Waals surface area contributed by atoms with Gasteiger partial charge in [0.1, 0.15) is 5.75 Å². The number of rotatable bonds is 8. The Balaban J connectivity index is 1.54. The van der Waals surface area contributed by atoms with Crippen LogP contribution >= 0.6 is 0 Å². The van der Waals surface area contributed by atoms with Gasteiger partial charge in [-0.25, -0.2) is 0 Å². The molecule has 0 spiro atoms. The van der Waals surface area contributed by atoms with Gasteiger partial charge in [0, 0.05) is 39.5 Å². The standard InChI is InChI=1S/C19H26N4O4/c1-14-21-17(22-27-14)7-9-20-13-19(25)8-4-10-23(18(19)24)12-15-5-3-6-16(11-15)26-2/h3,5-6,11,20,25H,4,7-10,12-13H2,1-2H3/t19-/m0/s1. The van der Waals surface area contributed by atoms with Crippen molar-refractivity contribution in [3.8, 4) is 5.75 Å². The lowest BCUT2D eigenvalue weighted by atomic mass is 9.91. The van der Waals surface area contributed by atoms with E-state index in [0.717, 1.165) is 17.7 Å². The predicted octanol–water partition coefficient (Wildman–Crippen LogP) is 1.07. The molecule has 0 radical (unpaired) electrons. The first-order valence-electron chi connectivity index (χ1n) is 9.15. The Morgan fingerprint density at radius 2 is 2.30 bits per heavy atom. The molecule has 8 nitrogen and oxygen atoms in total. The number of methoxy groups -OCH3 is 1. The molecule has 2 N–H and O–H groups in total. The van der Waals surface area contributed by atoms with Gasteiger partial charge in [0.2, 0.25) is 5.89 Å². The quantitative estimate of drug-likeness (QED) is 0.667. The van der Waals surface area contributed by atoms with E-state index < -0.39 is 5.60 Å². The number of piperidine rings is 1. The van der Waals surface area contributed by atoms with Crippen LogP contribution in [0.1, 0.15) is 30.1 Å². The first-order valence-corrected chi connectivity index (χ1v) is 9.15. The van der Waals surface area contributed by atoms with Crippen molar-refractivity contribution >= 4 is 5.91 Å². The van der Waals surface area contributed by atoms with Crippen molar-refractivity contribution in [1.82, 2.24) is 20.4 Å². The van der Waals surface area contributed by atoms with E-state index in [9.17, 15) is 9.90 Å². The topological polar surface area (TPSA) is 101 Å². The second-order valence-electron chi connectivity index (χ2n) is 6.87. The second kappa shape index (κ2) is 8.49. The second-order valence-corrected chi connectivity index (χ2v) is 6.87. The molecule has 1 aromatic carbocycles. The van der Waals surface area contributed by atoms with Crippen LogP contribution in [0.2, 0.25) is 0 Å². The molecule has 2 heterocycles. The van der Waals surface area contributed by atoms with Crippen LogP contribution in [0.4, 0.5) is 0 Å². The number of nitrogens with zero attached hydrogens (tertiary/aromatic N) is 3. The summed E-state index contributed by atoms with van der Waals surface area (Å²) in [5.74, 6) is 1.66. The van der Waals surface area contributed by atoms with Gasteiger partial charge in [-0.3, -0.25) is 4.79 Å². The normalized spacial score (nSPS) is 20.1. The van der Waals surface area contributed by atoms with Crippen molar-refractivity contribution in [1.29, 1.82) is 0 Å². The maximum atomic E-state index is 12.8. The van der Waals surface area contributed by atoms with E-state index in [1.807, 2.05) is 24.3 Å². The summed E-state index contributed by atoms with van der Waals surface area (Å²) in [4.78, 5) is 18.7. The molecule has 0 saturated carbocycles. The monoisotopic (exact) mass is 374 g/mol. The highest BCUT2D eigenvalue weighted by molar-refractivity contribution is 5.86. The molecule has 8 heteroatoms. The van der Waals surface area contributed by atoms with Crippen LogP contribution in [0.25, 0.3) is 0 Å². The molecule has 1 amide bonds. The molecular formula is C19H26N4O4. The molecule has 3 rings (SSSR count). The number of aliphatic hydroxyl groups is 1. The molecule has 0 aliphatic carbocycles. The number of ether oxygens (including phenoxy) is 1. The number of carbonyl (C=O) groups is 1. The number of likely N-dealkylation sites (tertiary alicyclic amines) is 1. The Morgan fingerprint density at radius 1 is 1.44 bits per heavy atom. The lowest BCUT2D eigenvalue weighted by Crippen LogP contribution is -2.57. The molecule has 1 aromatic heterocycles. The van der Waals surface area contributed by atoms with E-state index in [1.54, 1.807) is 18.9 Å². The van der Waals surface area contributed by atoms with Gasteiger partial charge in [0.25, 0.3) is 5.91 Å². The summed E-state index contributed by atoms with van der Waals surface area (Å²) < 4.78 is 10.2. The van der Waals surface area contributed by atoms with Gasteiger partial charge in [-0.2, -0.15) is 4.98 Å². The SMILES string of the molecule is COc1cccc(CN2CCC[C@](O)(CNCCc3noc(C)n3)C2=O)c1. The number of aromatic nitrogens is 2. The number of hydrogen-bond acceptors (Lipinski definition) is 7. The summed E-state index contributed by atoms with van der Waals surface area (Å²) in [5.41, 5.74) is -0.406. The Morgan fingerprint density at radius 3 is 3.04 bits per heavy atom. The summed E-state index contributed by atoms with van der Waals surface area (Å²) in [5, 5.41) is 17.8. The zero-order valence-electron chi connectivity index (χ0n) is 15.8. The molecule has 0 bridgehead atoms. The summed E-state index contributed by atoms with van der Waals surface area (Å²) in [6.45, 7) is 3.60. The largest absolute Gasteiger partial charge is 0.497 e. The number of carbonyl (C=O) groups excluding carboxylic acids is 1. The predicted molar refractivity (Wildman–Crippen MR) is 98.2 cm³/mol. The van der Waals surface area contributed by atoms with Crippen LogP contribution in [0.3, 0.4) is 0 Å². The minimum absolute atomic E-state index is 0.206. The number of amides is 1. The Kier molecular flexibility index (Phi) is 6.08. The van der Waals surface area contributed by atoms with Crippen molar-refractivity contribution in [2.45, 2.75) is 38.3 Å². The van der Waals surface area contributed by atoms with E-state index in [2.05, 4.69) is 15.5 Å². The highest BCUT2D eigenvalue weighted by Gasteiger charge is 2.41. The fraction of sp³-hybridized carbons (Fsp3) is 0.526. The van der Waals surface area contributed by atoms with Crippen molar-refractivity contribution in [3.05, 3.63) is 41.5 Å². The molecule has 2 aromatic rings. The summed E-state index contributed by atoms with van der Waals surface area (Å²) in [7, 11) is 1.62. The molecule has 1 saturated heterocycles. The highest BCUT2D eigenvalue weighted by atomic mass is 16.5. The lowest BCUT2D eigenvalue weighted by Gasteiger charge is -2.38. The maximum absolute atomic E-state index is 12.8. The summed E-state index contributed by atoms with van der Waals surface area (Å²) in [6, 6.07) is 7.63. The fourth-order valence-electron chi connectivity index (χ4n) is 3.31. The Hall–Kier alpha value is -2.45. The van der Waals surface area contributed by atoms with Gasteiger partial charge in [0.15, 0.2) is 11.4 Å². The van der Waals surface area contributed by atoms with E-state index in [0.29, 0.717) is 44.2 Å². The van der Waals surface area contributed by atoms with Crippen molar-refractivity contribution in [3.63, 3.8) is 0 Å². The third-order valence-corrected chi connectivity index (χ3v) is 4.72. The number of benzene rings is 1. The van der Waals surface area contributed by atoms with Crippen LogP contribution < -0.4 is 10.1 Å². The van der Waals surface area contributed by atoms with Crippen molar-refractivity contribution < 1.29 is 19.2 Å². The number of aryl methyl sites for hydroxylation is 1. The molecule has 1 atom stereocenters. The van der Waals surface area contributed by atoms with Crippen molar-refractivity contribution in [2.24, 2.45) is 0 Å². The zero-order valence-corrected chi connectivity index (χ0v) is 15.8. The summed E-state index contributed by atoms with van der Waals surface area (Å²) in [6.07, 6.45) is 1.79. The van der Waals surface area contributed by atoms with Gasteiger partial charge in [-0.15, -0.1) is 0 Å². The maximum Gasteiger partial charge on any atom is 0.256 e. The molecule has 1 aliphatic rings. The number of hydrogen-bond donors (Lipinski definition) is 2. The van der Waals surface area contributed by atoms with E-state index in [1.165, 1.54) is 0 Å². The minimum atomic E-state index is -1.38. The van der Waals surface area contributed by atoms with E-state index in [-0.39, 0.29) is 12.5 Å². The average molecular weight is 374 g/mol. The first-order chi connectivity index (χ1) is 13.0. The van der Waals surface area contributed by atoms with Gasteiger partial charge in [-0.1, -0.05) is 17.3 Å². The van der Waals surface area contributed by atoms with Crippen LogP contribution in [0.15, 0.2) is 28.8 Å². The molecular weight excluding hydrogens is 348 g/mol. The highest BCUT2D eigenvalue weighted by Crippen LogP contribution is 2.24. The third kappa shape index (κ3) is 4.84. The minimum Gasteiger partial charge on any atom is -0.497 e. The first kappa shape index (κ1) is 19.3. The Labute approximate surface area is 158 Å². The van der Waals surface area contributed by atoms with Gasteiger partial charge in [0.05, 0.1) is 7.11 Å². The molecule has 27 heavy (non-hydrogen) atoms. The molecule has 146 valence electrons. The smallest absolute Gasteiger partial charge is 0.256 e. The van der Waals surface area contributed by atoms with Crippen LogP contribution in [0, 0.1) is 6.92 Å². The van der Waals surface area contributed by atoms with Gasteiger partial charge >= 0.3 is 0 Å². The van der Waals surface area contributed by atoms with E-state index >= 15 is 0 Å². The van der Waals surface area contributed by atoms with Gasteiger partial charge in [-0.05, 0) is 30.5 Å². The molecule has 1 aliphatic heterocycles. The van der Waals surface area contributed by atoms with Crippen LogP contribution in [-0.2, 0) is 17.8 Å². The number of nitrogens with one attached hydrogen (secondary N) is 1. The summed E-state index contributed by atoms with van der Waals surface area (Å²) >= 11 is 0.